The molecule has 0 aromatic carbocycles. The van der Waals surface area contributed by atoms with Crippen LogP contribution in [0.25, 0.3) is 0 Å². The highest BCUT2D eigenvalue weighted by Crippen LogP contribution is 2.41. The zero-order valence-electron chi connectivity index (χ0n) is 11.9. The van der Waals surface area contributed by atoms with E-state index in [0.29, 0.717) is 11.9 Å². The third-order valence-corrected chi connectivity index (χ3v) is 5.18. The van der Waals surface area contributed by atoms with Crippen LogP contribution in [-0.2, 0) is 4.79 Å². The van der Waals surface area contributed by atoms with Gasteiger partial charge in [-0.3, -0.25) is 4.79 Å². The largest absolute Gasteiger partial charge is 0.367 e. The number of likely N-dealkylation sites (N-methyl/N-ethyl adjacent to an activating group) is 1. The van der Waals surface area contributed by atoms with Gasteiger partial charge in [0.1, 0.15) is 6.04 Å². The van der Waals surface area contributed by atoms with Crippen molar-refractivity contribution in [3.8, 4) is 0 Å². The molecular weight excluding hydrogens is 278 g/mol. The third kappa shape index (κ3) is 3.61. The van der Waals surface area contributed by atoms with Gasteiger partial charge in [-0.2, -0.15) is 0 Å². The second kappa shape index (κ2) is 5.97. The molecule has 0 radical (unpaired) electrons. The molecule has 2 fully saturated rings. The Morgan fingerprint density at radius 2 is 2.32 bits per heavy atom. The minimum atomic E-state index is -0.146. The van der Waals surface area contributed by atoms with E-state index in [1.165, 1.54) is 0 Å². The Morgan fingerprint density at radius 3 is 3.00 bits per heavy atom. The Hall–Kier alpha value is -0.330. The van der Waals surface area contributed by atoms with Crippen molar-refractivity contribution in [1.29, 1.82) is 0 Å². The Bertz CT molecular complexity index is 373. The lowest BCUT2D eigenvalue weighted by Crippen LogP contribution is -2.49. The highest BCUT2D eigenvalue weighted by molar-refractivity contribution is 7.99. The predicted octanol–water partition coefficient (Wildman–Crippen LogP) is 1.21. The maximum atomic E-state index is 12.6. The topological polar surface area (TPSA) is 44.4 Å². The van der Waals surface area contributed by atoms with Gasteiger partial charge in [0, 0.05) is 13.1 Å². The predicted molar refractivity (Wildman–Crippen MR) is 84.4 cm³/mol. The van der Waals surface area contributed by atoms with Crippen LogP contribution in [0, 0.1) is 5.41 Å². The Balaban J connectivity index is 2.03. The van der Waals surface area contributed by atoms with Gasteiger partial charge in [-0.05, 0) is 31.1 Å². The number of carbonyl (C=O) groups is 1. The molecule has 0 unspecified atom stereocenters. The van der Waals surface area contributed by atoms with Gasteiger partial charge in [0.2, 0.25) is 5.91 Å². The summed E-state index contributed by atoms with van der Waals surface area (Å²) in [5.74, 6) is 1.24. The summed E-state index contributed by atoms with van der Waals surface area (Å²) >= 11 is 7.16. The molecule has 2 N–H and O–H groups in total. The Morgan fingerprint density at radius 1 is 1.58 bits per heavy atom. The van der Waals surface area contributed by atoms with Crippen LogP contribution in [-0.4, -0.2) is 53.1 Å². The maximum absolute atomic E-state index is 12.6. The minimum Gasteiger partial charge on any atom is -0.367 e. The lowest BCUT2D eigenvalue weighted by atomic mass is 9.93. The molecule has 0 saturated carbocycles. The van der Waals surface area contributed by atoms with E-state index in [9.17, 15) is 4.79 Å². The Labute approximate surface area is 125 Å². The van der Waals surface area contributed by atoms with Gasteiger partial charge in [-0.15, -0.1) is 11.8 Å². The molecule has 19 heavy (non-hydrogen) atoms. The van der Waals surface area contributed by atoms with Gasteiger partial charge >= 0.3 is 0 Å². The first-order valence-electron chi connectivity index (χ1n) is 6.79. The van der Waals surface area contributed by atoms with Gasteiger partial charge in [-0.25, -0.2) is 0 Å². The van der Waals surface area contributed by atoms with Crippen LogP contribution in [0.2, 0.25) is 0 Å². The highest BCUT2D eigenvalue weighted by atomic mass is 32.2. The van der Waals surface area contributed by atoms with Crippen molar-refractivity contribution < 1.29 is 4.79 Å². The molecule has 0 bridgehead atoms. The standard InChI is InChI=1S/C13H23N3OS2/c1-13(2)6-11-16(8-13)12(17)9(4-5-19-11)15-10(18)7-14-3/h9,11,14H,4-8H2,1-3H3,(H,15,18)/t9-,11-/m0/s1. The fraction of sp³-hybridized carbons (Fsp3) is 0.846. The number of thioether (sulfide) groups is 1. The number of hydrogen-bond acceptors (Lipinski definition) is 4. The molecule has 0 aromatic rings. The molecule has 2 saturated heterocycles. The van der Waals surface area contributed by atoms with Crippen LogP contribution in [0.1, 0.15) is 26.7 Å². The fourth-order valence-corrected chi connectivity index (χ4v) is 4.62. The molecule has 2 aliphatic heterocycles. The summed E-state index contributed by atoms with van der Waals surface area (Å²) < 4.78 is 0. The summed E-state index contributed by atoms with van der Waals surface area (Å²) in [5, 5.41) is 6.58. The summed E-state index contributed by atoms with van der Waals surface area (Å²) in [7, 11) is 1.86. The number of nitrogens with one attached hydrogen (secondary N) is 2. The first-order chi connectivity index (χ1) is 8.93. The molecule has 2 atom stereocenters. The summed E-state index contributed by atoms with van der Waals surface area (Å²) in [6, 6.07) is -0.146. The number of fused-ring (bicyclic) bond motifs is 1. The molecule has 0 aliphatic carbocycles. The number of thiocarbonyl (C=S) groups is 1. The quantitative estimate of drug-likeness (QED) is 0.767. The second-order valence-corrected chi connectivity index (χ2v) is 7.88. The minimum absolute atomic E-state index is 0.146. The summed E-state index contributed by atoms with van der Waals surface area (Å²) in [5.41, 5.74) is 0.237. The summed E-state index contributed by atoms with van der Waals surface area (Å²) in [6.45, 7) is 5.97. The van der Waals surface area contributed by atoms with Gasteiger partial charge in [0.15, 0.2) is 0 Å². The van der Waals surface area contributed by atoms with E-state index in [1.54, 1.807) is 0 Å². The molecule has 6 heteroatoms. The molecule has 2 aliphatic rings. The van der Waals surface area contributed by atoms with Gasteiger partial charge in [0.05, 0.1) is 10.4 Å². The Kier molecular flexibility index (Phi) is 4.74. The van der Waals surface area contributed by atoms with E-state index in [4.69, 9.17) is 12.2 Å². The first kappa shape index (κ1) is 15.1. The second-order valence-electron chi connectivity index (χ2n) is 6.10. The molecule has 4 nitrogen and oxygen atoms in total. The van der Waals surface area contributed by atoms with Crippen molar-refractivity contribution in [3.63, 3.8) is 0 Å². The normalized spacial score (nSPS) is 29.8. The van der Waals surface area contributed by atoms with E-state index in [-0.39, 0.29) is 17.4 Å². The molecule has 1 amide bonds. The van der Waals surface area contributed by atoms with Gasteiger partial charge < -0.3 is 15.5 Å². The van der Waals surface area contributed by atoms with Crippen molar-refractivity contribution in [2.75, 3.05) is 25.9 Å². The van der Waals surface area contributed by atoms with E-state index < -0.39 is 0 Å². The molecule has 108 valence electrons. The first-order valence-corrected chi connectivity index (χ1v) is 8.25. The number of nitrogens with zero attached hydrogens (tertiary/aromatic N) is 1. The van der Waals surface area contributed by atoms with E-state index >= 15 is 0 Å². The smallest absolute Gasteiger partial charge is 0.246 e. The molecule has 2 heterocycles. The van der Waals surface area contributed by atoms with Gasteiger partial charge in [0.25, 0.3) is 0 Å². The van der Waals surface area contributed by atoms with Gasteiger partial charge in [-0.1, -0.05) is 26.1 Å². The van der Waals surface area contributed by atoms with Crippen molar-refractivity contribution in [2.24, 2.45) is 5.41 Å². The van der Waals surface area contributed by atoms with Crippen LogP contribution in [0.4, 0.5) is 0 Å². The van der Waals surface area contributed by atoms with Crippen LogP contribution in [0.15, 0.2) is 0 Å². The molecule has 0 aromatic heterocycles. The zero-order valence-corrected chi connectivity index (χ0v) is 13.5. The third-order valence-electron chi connectivity index (χ3n) is 3.64. The van der Waals surface area contributed by atoms with Crippen LogP contribution >= 0.6 is 24.0 Å². The highest BCUT2D eigenvalue weighted by Gasteiger charge is 2.43. The van der Waals surface area contributed by atoms with E-state index in [1.807, 2.05) is 18.8 Å². The lowest BCUT2D eigenvalue weighted by Gasteiger charge is -2.26. The van der Waals surface area contributed by atoms with Crippen LogP contribution < -0.4 is 10.6 Å². The number of amides is 1. The van der Waals surface area contributed by atoms with Crippen molar-refractivity contribution in [2.45, 2.75) is 38.1 Å². The average molecular weight is 301 g/mol. The molecule has 2 rings (SSSR count). The number of rotatable bonds is 3. The number of hydrogen-bond donors (Lipinski definition) is 2. The zero-order chi connectivity index (χ0) is 14.0. The van der Waals surface area contributed by atoms with E-state index in [2.05, 4.69) is 29.4 Å². The van der Waals surface area contributed by atoms with E-state index in [0.717, 1.165) is 30.1 Å². The van der Waals surface area contributed by atoms with Crippen molar-refractivity contribution >= 4 is 34.9 Å². The monoisotopic (exact) mass is 301 g/mol. The molecule has 0 spiro atoms. The summed E-state index contributed by atoms with van der Waals surface area (Å²) in [6.07, 6.45) is 1.96. The number of carbonyl (C=O) groups excluding carboxylic acids is 1. The summed E-state index contributed by atoms with van der Waals surface area (Å²) in [4.78, 5) is 15.4. The van der Waals surface area contributed by atoms with Crippen molar-refractivity contribution in [1.82, 2.24) is 15.5 Å². The molecular formula is C13H23N3OS2. The maximum Gasteiger partial charge on any atom is 0.246 e. The average Bonchev–Trinajstić information content (AvgIpc) is 2.56. The lowest BCUT2D eigenvalue weighted by molar-refractivity contribution is -0.132. The fourth-order valence-electron chi connectivity index (χ4n) is 2.76. The van der Waals surface area contributed by atoms with Crippen LogP contribution in [0.5, 0.6) is 0 Å². The van der Waals surface area contributed by atoms with Crippen molar-refractivity contribution in [3.05, 3.63) is 0 Å². The van der Waals surface area contributed by atoms with Crippen LogP contribution in [0.3, 0.4) is 0 Å². The SMILES string of the molecule is CNCC(=S)N[C@H]1CCS[C@H]2CC(C)(C)CN2C1=O.